The maximum absolute atomic E-state index is 11.4. The summed E-state index contributed by atoms with van der Waals surface area (Å²) >= 11 is 3.52. The molecule has 1 heterocycles. The van der Waals surface area contributed by atoms with Crippen LogP contribution in [-0.4, -0.2) is 26.0 Å². The Balaban J connectivity index is 2.15. The minimum absolute atomic E-state index is 0.0555. The first-order valence-electron chi connectivity index (χ1n) is 5.61. The zero-order chi connectivity index (χ0) is 12.6. The number of sulfone groups is 1. The van der Waals surface area contributed by atoms with Gasteiger partial charge in [-0.15, -0.1) is 0 Å². The first-order valence-corrected chi connectivity index (χ1v) is 8.22. The zero-order valence-electron chi connectivity index (χ0n) is 9.96. The van der Waals surface area contributed by atoms with Crippen LogP contribution in [0.2, 0.25) is 0 Å². The van der Waals surface area contributed by atoms with Gasteiger partial charge in [0.1, 0.15) is 0 Å². The van der Waals surface area contributed by atoms with Crippen molar-refractivity contribution < 1.29 is 8.42 Å². The van der Waals surface area contributed by atoms with Gasteiger partial charge in [-0.05, 0) is 43.5 Å². The number of aryl methyl sites for hydroxylation is 2. The van der Waals surface area contributed by atoms with Crippen LogP contribution in [0.3, 0.4) is 0 Å². The molecular formula is C12H16BrNO2S. The van der Waals surface area contributed by atoms with E-state index in [9.17, 15) is 8.42 Å². The number of hydrogen-bond acceptors (Lipinski definition) is 3. The predicted molar refractivity (Wildman–Crippen MR) is 74.3 cm³/mol. The SMILES string of the molecule is Cc1cc(NC2CCS(=O)(=O)C2)cc(C)c1Br. The Morgan fingerprint density at radius 2 is 1.88 bits per heavy atom. The molecule has 1 aromatic carbocycles. The molecular weight excluding hydrogens is 302 g/mol. The van der Waals surface area contributed by atoms with Crippen molar-refractivity contribution in [2.24, 2.45) is 0 Å². The quantitative estimate of drug-likeness (QED) is 0.912. The van der Waals surface area contributed by atoms with E-state index in [1.54, 1.807) is 0 Å². The molecule has 94 valence electrons. The van der Waals surface area contributed by atoms with E-state index >= 15 is 0 Å². The molecule has 0 spiro atoms. The summed E-state index contributed by atoms with van der Waals surface area (Å²) in [4.78, 5) is 0. The molecule has 1 aromatic rings. The number of hydrogen-bond donors (Lipinski definition) is 1. The van der Waals surface area contributed by atoms with Crippen LogP contribution in [0, 0.1) is 13.8 Å². The molecule has 1 N–H and O–H groups in total. The largest absolute Gasteiger partial charge is 0.381 e. The van der Waals surface area contributed by atoms with Crippen molar-refractivity contribution in [1.82, 2.24) is 0 Å². The highest BCUT2D eigenvalue weighted by Gasteiger charge is 2.27. The monoisotopic (exact) mass is 317 g/mol. The molecule has 1 fully saturated rings. The first-order chi connectivity index (χ1) is 7.87. The van der Waals surface area contributed by atoms with Crippen molar-refractivity contribution in [2.75, 3.05) is 16.8 Å². The van der Waals surface area contributed by atoms with Gasteiger partial charge in [0.15, 0.2) is 9.84 Å². The minimum Gasteiger partial charge on any atom is -0.381 e. The van der Waals surface area contributed by atoms with Crippen LogP contribution < -0.4 is 5.32 Å². The lowest BCUT2D eigenvalue weighted by molar-refractivity contribution is 0.602. The number of nitrogens with one attached hydrogen (secondary N) is 1. The van der Waals surface area contributed by atoms with Gasteiger partial charge in [-0.3, -0.25) is 0 Å². The lowest BCUT2D eigenvalue weighted by atomic mass is 10.1. The van der Waals surface area contributed by atoms with E-state index in [1.165, 1.54) is 0 Å². The Labute approximate surface area is 111 Å². The Bertz CT molecular complexity index is 516. The summed E-state index contributed by atoms with van der Waals surface area (Å²) in [5.74, 6) is 0.556. The highest BCUT2D eigenvalue weighted by molar-refractivity contribution is 9.10. The van der Waals surface area contributed by atoms with E-state index in [0.29, 0.717) is 12.2 Å². The topological polar surface area (TPSA) is 46.2 Å². The van der Waals surface area contributed by atoms with E-state index in [-0.39, 0.29) is 11.8 Å². The van der Waals surface area contributed by atoms with E-state index in [4.69, 9.17) is 0 Å². The average molecular weight is 318 g/mol. The van der Waals surface area contributed by atoms with E-state index in [2.05, 4.69) is 21.2 Å². The zero-order valence-corrected chi connectivity index (χ0v) is 12.4. The van der Waals surface area contributed by atoms with Crippen molar-refractivity contribution >= 4 is 31.5 Å². The van der Waals surface area contributed by atoms with Gasteiger partial charge in [0.05, 0.1) is 11.5 Å². The summed E-state index contributed by atoms with van der Waals surface area (Å²) in [6, 6.07) is 4.14. The second kappa shape index (κ2) is 4.61. The fourth-order valence-electron chi connectivity index (χ4n) is 2.17. The number of rotatable bonds is 2. The van der Waals surface area contributed by atoms with Crippen LogP contribution in [0.4, 0.5) is 5.69 Å². The lowest BCUT2D eigenvalue weighted by Crippen LogP contribution is -2.20. The highest BCUT2D eigenvalue weighted by Crippen LogP contribution is 2.26. The molecule has 1 saturated heterocycles. The molecule has 0 aromatic heterocycles. The molecule has 17 heavy (non-hydrogen) atoms. The van der Waals surface area contributed by atoms with Crippen molar-refractivity contribution in [3.63, 3.8) is 0 Å². The summed E-state index contributed by atoms with van der Waals surface area (Å²) in [5, 5.41) is 3.31. The normalized spacial score (nSPS) is 22.6. The Hall–Kier alpha value is -0.550. The molecule has 0 amide bonds. The van der Waals surface area contributed by atoms with Gasteiger partial charge in [0.25, 0.3) is 0 Å². The van der Waals surface area contributed by atoms with Gasteiger partial charge in [0, 0.05) is 16.2 Å². The molecule has 0 aliphatic carbocycles. The molecule has 0 bridgehead atoms. The smallest absolute Gasteiger partial charge is 0.152 e. The Kier molecular flexibility index (Phi) is 3.50. The van der Waals surface area contributed by atoms with E-state index in [1.807, 2.05) is 26.0 Å². The van der Waals surface area contributed by atoms with Crippen LogP contribution in [0.1, 0.15) is 17.5 Å². The molecule has 0 radical (unpaired) electrons. The van der Waals surface area contributed by atoms with E-state index < -0.39 is 9.84 Å². The lowest BCUT2D eigenvalue weighted by Gasteiger charge is -2.14. The van der Waals surface area contributed by atoms with Gasteiger partial charge in [-0.1, -0.05) is 15.9 Å². The molecule has 5 heteroatoms. The van der Waals surface area contributed by atoms with Crippen molar-refractivity contribution in [2.45, 2.75) is 26.3 Å². The Morgan fingerprint density at radius 1 is 1.29 bits per heavy atom. The van der Waals surface area contributed by atoms with Crippen LogP contribution >= 0.6 is 15.9 Å². The molecule has 1 aliphatic heterocycles. The van der Waals surface area contributed by atoms with Gasteiger partial charge in [0.2, 0.25) is 0 Å². The minimum atomic E-state index is -2.82. The van der Waals surface area contributed by atoms with Crippen LogP contribution in [0.15, 0.2) is 16.6 Å². The van der Waals surface area contributed by atoms with Gasteiger partial charge < -0.3 is 5.32 Å². The third-order valence-corrected chi connectivity index (χ3v) is 6.06. The van der Waals surface area contributed by atoms with Crippen molar-refractivity contribution in [3.05, 3.63) is 27.7 Å². The van der Waals surface area contributed by atoms with E-state index in [0.717, 1.165) is 21.3 Å². The predicted octanol–water partition coefficient (Wildman–Crippen LogP) is 2.66. The first kappa shape index (κ1) is 12.9. The van der Waals surface area contributed by atoms with Crippen molar-refractivity contribution in [3.8, 4) is 0 Å². The number of anilines is 1. The third kappa shape index (κ3) is 3.01. The molecule has 2 rings (SSSR count). The molecule has 1 unspecified atom stereocenters. The fourth-order valence-corrected chi connectivity index (χ4v) is 4.08. The highest BCUT2D eigenvalue weighted by atomic mass is 79.9. The Morgan fingerprint density at radius 3 is 2.35 bits per heavy atom. The average Bonchev–Trinajstić information content (AvgIpc) is 2.54. The molecule has 1 aliphatic rings. The van der Waals surface area contributed by atoms with Crippen LogP contribution in [0.5, 0.6) is 0 Å². The summed E-state index contributed by atoms with van der Waals surface area (Å²) in [7, 11) is -2.82. The standard InChI is InChI=1S/C12H16BrNO2S/c1-8-5-11(6-9(2)12(8)13)14-10-3-4-17(15,16)7-10/h5-6,10,14H,3-4,7H2,1-2H3. The maximum Gasteiger partial charge on any atom is 0.152 e. The molecule has 0 saturated carbocycles. The van der Waals surface area contributed by atoms with Crippen molar-refractivity contribution in [1.29, 1.82) is 0 Å². The maximum atomic E-state index is 11.4. The number of benzene rings is 1. The molecule has 3 nitrogen and oxygen atoms in total. The fraction of sp³-hybridized carbons (Fsp3) is 0.500. The summed E-state index contributed by atoms with van der Waals surface area (Å²) in [6.45, 7) is 4.07. The van der Waals surface area contributed by atoms with Crippen LogP contribution in [0.25, 0.3) is 0 Å². The third-order valence-electron chi connectivity index (χ3n) is 3.04. The second-order valence-electron chi connectivity index (χ2n) is 4.67. The number of halogens is 1. The summed E-state index contributed by atoms with van der Waals surface area (Å²) < 4.78 is 23.9. The summed E-state index contributed by atoms with van der Waals surface area (Å²) in [5.41, 5.74) is 3.33. The molecule has 1 atom stereocenters. The van der Waals surface area contributed by atoms with Gasteiger partial charge in [-0.2, -0.15) is 0 Å². The van der Waals surface area contributed by atoms with Gasteiger partial charge in [-0.25, -0.2) is 8.42 Å². The summed E-state index contributed by atoms with van der Waals surface area (Å²) in [6.07, 6.45) is 0.705. The van der Waals surface area contributed by atoms with Gasteiger partial charge >= 0.3 is 0 Å². The van der Waals surface area contributed by atoms with Crippen LogP contribution in [-0.2, 0) is 9.84 Å². The second-order valence-corrected chi connectivity index (χ2v) is 7.69.